The Morgan fingerprint density at radius 1 is 1.21 bits per heavy atom. The smallest absolute Gasteiger partial charge is 0.306 e. The van der Waals surface area contributed by atoms with Crippen LogP contribution in [0.5, 0.6) is 5.75 Å². The SMILES string of the molecule is CCOc1ccc2nc(NC(=O)CCC(=O)O[C@H]3CC[C@@H](C)[C@H](C)C3)sc2c1. The van der Waals surface area contributed by atoms with Crippen molar-refractivity contribution in [2.75, 3.05) is 11.9 Å². The number of amides is 1. The second-order valence-corrected chi connectivity index (χ2v) is 8.54. The van der Waals surface area contributed by atoms with Crippen LogP contribution < -0.4 is 10.1 Å². The highest BCUT2D eigenvalue weighted by Crippen LogP contribution is 2.31. The average Bonchev–Trinajstić information content (AvgIpc) is 3.05. The van der Waals surface area contributed by atoms with E-state index < -0.39 is 0 Å². The van der Waals surface area contributed by atoms with Crippen molar-refractivity contribution in [3.63, 3.8) is 0 Å². The summed E-state index contributed by atoms with van der Waals surface area (Å²) in [5.74, 6) is 1.50. The van der Waals surface area contributed by atoms with Gasteiger partial charge in [-0.25, -0.2) is 4.98 Å². The highest BCUT2D eigenvalue weighted by molar-refractivity contribution is 7.22. The predicted molar refractivity (Wildman–Crippen MR) is 111 cm³/mol. The number of carbonyl (C=O) groups is 2. The van der Waals surface area contributed by atoms with Gasteiger partial charge in [0, 0.05) is 6.42 Å². The molecule has 0 spiro atoms. The van der Waals surface area contributed by atoms with Gasteiger partial charge in [-0.15, -0.1) is 0 Å². The number of benzene rings is 1. The van der Waals surface area contributed by atoms with Crippen molar-refractivity contribution in [2.24, 2.45) is 11.8 Å². The van der Waals surface area contributed by atoms with E-state index in [-0.39, 0.29) is 30.8 Å². The molecule has 0 bridgehead atoms. The number of rotatable bonds is 7. The first-order valence-corrected chi connectivity index (χ1v) is 10.8. The molecule has 0 saturated heterocycles. The molecule has 0 unspecified atom stereocenters. The van der Waals surface area contributed by atoms with Gasteiger partial charge >= 0.3 is 5.97 Å². The van der Waals surface area contributed by atoms with E-state index in [9.17, 15) is 9.59 Å². The summed E-state index contributed by atoms with van der Waals surface area (Å²) in [6, 6.07) is 5.64. The van der Waals surface area contributed by atoms with E-state index in [4.69, 9.17) is 9.47 Å². The van der Waals surface area contributed by atoms with Crippen LogP contribution in [-0.4, -0.2) is 29.6 Å². The summed E-state index contributed by atoms with van der Waals surface area (Å²) in [5.41, 5.74) is 0.809. The molecule has 7 heteroatoms. The molecule has 1 heterocycles. The summed E-state index contributed by atoms with van der Waals surface area (Å²) >= 11 is 1.39. The second-order valence-electron chi connectivity index (χ2n) is 7.51. The molecule has 0 aliphatic heterocycles. The minimum absolute atomic E-state index is 0.00874. The number of carbonyl (C=O) groups excluding carboxylic acids is 2. The number of aromatic nitrogens is 1. The van der Waals surface area contributed by atoms with Crippen molar-refractivity contribution in [3.05, 3.63) is 18.2 Å². The summed E-state index contributed by atoms with van der Waals surface area (Å²) in [6.07, 6.45) is 3.09. The molecule has 1 aliphatic rings. The second kappa shape index (κ2) is 9.37. The molecule has 1 aliphatic carbocycles. The maximum Gasteiger partial charge on any atom is 0.306 e. The van der Waals surface area contributed by atoms with Crippen molar-refractivity contribution in [2.45, 2.75) is 59.0 Å². The summed E-state index contributed by atoms with van der Waals surface area (Å²) in [4.78, 5) is 28.6. The van der Waals surface area contributed by atoms with Gasteiger partial charge in [0.2, 0.25) is 5.91 Å². The third kappa shape index (κ3) is 5.44. The minimum atomic E-state index is -0.299. The Morgan fingerprint density at radius 3 is 2.79 bits per heavy atom. The number of ether oxygens (including phenoxy) is 2. The van der Waals surface area contributed by atoms with Gasteiger partial charge in [-0.2, -0.15) is 0 Å². The molecule has 3 rings (SSSR count). The van der Waals surface area contributed by atoms with Gasteiger partial charge in [0.05, 0.1) is 23.2 Å². The van der Waals surface area contributed by atoms with Crippen LogP contribution in [0.3, 0.4) is 0 Å². The molecule has 1 saturated carbocycles. The zero-order valence-electron chi connectivity index (χ0n) is 16.7. The first-order valence-electron chi connectivity index (χ1n) is 9.97. The van der Waals surface area contributed by atoms with Crippen LogP contribution in [0, 0.1) is 11.8 Å². The van der Waals surface area contributed by atoms with Crippen LogP contribution in [0.15, 0.2) is 18.2 Å². The summed E-state index contributed by atoms with van der Waals surface area (Å²) in [6.45, 7) is 6.98. The molecule has 1 fully saturated rings. The zero-order chi connectivity index (χ0) is 20.1. The number of fused-ring (bicyclic) bond motifs is 1. The zero-order valence-corrected chi connectivity index (χ0v) is 17.5. The van der Waals surface area contributed by atoms with E-state index >= 15 is 0 Å². The standard InChI is InChI=1S/C21H28N2O4S/c1-4-26-15-7-8-17-18(12-15)28-21(22-17)23-19(24)9-10-20(25)27-16-6-5-13(2)14(3)11-16/h7-8,12-14,16H,4-6,9-11H2,1-3H3,(H,22,23,24)/t13-,14-,16+/m1/s1. The predicted octanol–water partition coefficient (Wildman–Crippen LogP) is 4.78. The van der Waals surface area contributed by atoms with E-state index in [1.54, 1.807) is 0 Å². The third-order valence-electron chi connectivity index (χ3n) is 5.32. The number of nitrogens with zero attached hydrogens (tertiary/aromatic N) is 1. The summed E-state index contributed by atoms with van der Waals surface area (Å²) < 4.78 is 12.0. The number of thiazole rings is 1. The monoisotopic (exact) mass is 404 g/mol. The van der Waals surface area contributed by atoms with Gasteiger partial charge in [0.1, 0.15) is 11.9 Å². The van der Waals surface area contributed by atoms with Gasteiger partial charge in [-0.05, 0) is 56.2 Å². The Balaban J connectivity index is 1.46. The van der Waals surface area contributed by atoms with E-state index in [2.05, 4.69) is 24.1 Å². The lowest BCUT2D eigenvalue weighted by Gasteiger charge is -2.31. The topological polar surface area (TPSA) is 77.5 Å². The third-order valence-corrected chi connectivity index (χ3v) is 6.26. The minimum Gasteiger partial charge on any atom is -0.494 e. The number of anilines is 1. The van der Waals surface area contributed by atoms with Crippen molar-refractivity contribution in [1.82, 2.24) is 4.98 Å². The Bertz CT molecular complexity index is 835. The summed E-state index contributed by atoms with van der Waals surface area (Å²) in [7, 11) is 0. The van der Waals surface area contributed by atoms with E-state index in [0.717, 1.165) is 35.2 Å². The van der Waals surface area contributed by atoms with Crippen LogP contribution >= 0.6 is 11.3 Å². The Morgan fingerprint density at radius 2 is 2.04 bits per heavy atom. The highest BCUT2D eigenvalue weighted by atomic mass is 32.1. The lowest BCUT2D eigenvalue weighted by molar-refractivity contribution is -0.152. The molecule has 0 radical (unpaired) electrons. The van der Waals surface area contributed by atoms with Gasteiger partial charge < -0.3 is 14.8 Å². The maximum atomic E-state index is 12.2. The van der Waals surface area contributed by atoms with E-state index in [0.29, 0.717) is 23.6 Å². The molecule has 28 heavy (non-hydrogen) atoms. The summed E-state index contributed by atoms with van der Waals surface area (Å²) in [5, 5.41) is 3.30. The molecular weight excluding hydrogens is 376 g/mol. The fourth-order valence-corrected chi connectivity index (χ4v) is 4.37. The molecule has 1 aromatic carbocycles. The quantitative estimate of drug-likeness (QED) is 0.672. The van der Waals surface area contributed by atoms with Gasteiger partial charge in [0.25, 0.3) is 0 Å². The largest absolute Gasteiger partial charge is 0.494 e. The normalized spacial score (nSPS) is 22.0. The number of hydrogen-bond acceptors (Lipinski definition) is 6. The van der Waals surface area contributed by atoms with E-state index in [1.165, 1.54) is 11.3 Å². The van der Waals surface area contributed by atoms with Crippen LogP contribution in [0.25, 0.3) is 10.2 Å². The lowest BCUT2D eigenvalue weighted by Crippen LogP contribution is -2.29. The Labute approximate surface area is 169 Å². The van der Waals surface area contributed by atoms with E-state index in [1.807, 2.05) is 25.1 Å². The fraction of sp³-hybridized carbons (Fsp3) is 0.571. The molecule has 1 N–H and O–H groups in total. The number of hydrogen-bond donors (Lipinski definition) is 1. The number of esters is 1. The fourth-order valence-electron chi connectivity index (χ4n) is 3.46. The average molecular weight is 405 g/mol. The molecular formula is C21H28N2O4S. The molecule has 2 aromatic rings. The van der Waals surface area contributed by atoms with Crippen molar-refractivity contribution < 1.29 is 19.1 Å². The van der Waals surface area contributed by atoms with Gasteiger partial charge in [0.15, 0.2) is 5.13 Å². The van der Waals surface area contributed by atoms with Crippen molar-refractivity contribution in [1.29, 1.82) is 0 Å². The van der Waals surface area contributed by atoms with Crippen molar-refractivity contribution in [3.8, 4) is 5.75 Å². The molecule has 1 aromatic heterocycles. The Kier molecular flexibility index (Phi) is 6.88. The molecule has 152 valence electrons. The first kappa shape index (κ1) is 20.6. The maximum absolute atomic E-state index is 12.2. The van der Waals surface area contributed by atoms with Gasteiger partial charge in [-0.1, -0.05) is 25.2 Å². The highest BCUT2D eigenvalue weighted by Gasteiger charge is 2.27. The van der Waals surface area contributed by atoms with Crippen LogP contribution in [0.1, 0.15) is 52.9 Å². The first-order chi connectivity index (χ1) is 13.4. The lowest BCUT2D eigenvalue weighted by atomic mass is 9.80. The van der Waals surface area contributed by atoms with Gasteiger partial charge in [-0.3, -0.25) is 9.59 Å². The molecule has 1 amide bonds. The van der Waals surface area contributed by atoms with Crippen molar-refractivity contribution >= 4 is 38.6 Å². The van der Waals surface area contributed by atoms with Crippen LogP contribution in [0.2, 0.25) is 0 Å². The number of nitrogens with one attached hydrogen (secondary N) is 1. The molecule has 6 nitrogen and oxygen atoms in total. The van der Waals surface area contributed by atoms with Crippen LogP contribution in [-0.2, 0) is 14.3 Å². The van der Waals surface area contributed by atoms with Crippen LogP contribution in [0.4, 0.5) is 5.13 Å². The molecule has 3 atom stereocenters. The Hall–Kier alpha value is -2.15.